The van der Waals surface area contributed by atoms with Gasteiger partial charge in [-0.1, -0.05) is 42.5 Å². The minimum absolute atomic E-state index is 0.0293. The second-order valence-corrected chi connectivity index (χ2v) is 7.45. The van der Waals surface area contributed by atoms with Gasteiger partial charge in [-0.15, -0.1) is 0 Å². The van der Waals surface area contributed by atoms with E-state index in [0.29, 0.717) is 34.8 Å². The molecule has 6 rings (SSSR count). The van der Waals surface area contributed by atoms with E-state index in [1.54, 1.807) is 6.20 Å². The Kier molecular flexibility index (Phi) is 3.49. The van der Waals surface area contributed by atoms with E-state index in [1.807, 2.05) is 54.6 Å². The average molecular weight is 392 g/mol. The van der Waals surface area contributed by atoms with Gasteiger partial charge in [0.1, 0.15) is 0 Å². The summed E-state index contributed by atoms with van der Waals surface area (Å²) in [7, 11) is 0. The van der Waals surface area contributed by atoms with E-state index >= 15 is 0 Å². The molecule has 6 heteroatoms. The van der Waals surface area contributed by atoms with Crippen molar-refractivity contribution in [2.45, 2.75) is 6.42 Å². The summed E-state index contributed by atoms with van der Waals surface area (Å²) in [5, 5.41) is 2.86. The Bertz CT molecular complexity index is 1370. The second kappa shape index (κ2) is 6.22. The minimum atomic E-state index is -0.0657. The number of hydrogen-bond donors (Lipinski definition) is 2. The Morgan fingerprint density at radius 2 is 1.63 bits per heavy atom. The molecule has 0 spiro atoms. The summed E-state index contributed by atoms with van der Waals surface area (Å²) >= 11 is 0. The molecular weight excluding hydrogens is 376 g/mol. The van der Waals surface area contributed by atoms with Crippen molar-refractivity contribution in [3.63, 3.8) is 0 Å². The van der Waals surface area contributed by atoms with E-state index in [2.05, 4.69) is 15.3 Å². The molecule has 3 heterocycles. The molecule has 144 valence electrons. The van der Waals surface area contributed by atoms with Crippen LogP contribution in [0.4, 0.5) is 0 Å². The Labute approximate surface area is 172 Å². The van der Waals surface area contributed by atoms with Crippen LogP contribution in [0.5, 0.6) is 0 Å². The Morgan fingerprint density at radius 3 is 2.50 bits per heavy atom. The van der Waals surface area contributed by atoms with Gasteiger partial charge < -0.3 is 10.3 Å². The number of amides is 1. The molecule has 0 atom stereocenters. The summed E-state index contributed by atoms with van der Waals surface area (Å²) in [6, 6.07) is 16.9. The lowest BCUT2D eigenvalue weighted by Crippen LogP contribution is -2.31. The molecule has 1 amide bonds. The standard InChI is InChI=1S/C24H16N4O2/c29-22-14-5-2-1-4-13(14)21-15(22)6-3-7-16(21)23-25-10-9-19(28-23)20-12-17-18(27-20)8-11-26-24(17)30/h1-7,9-10,12,27H,8,11H2,(H,26,30). The molecule has 4 aromatic rings. The van der Waals surface area contributed by atoms with Gasteiger partial charge in [-0.25, -0.2) is 9.97 Å². The van der Waals surface area contributed by atoms with Gasteiger partial charge in [0.25, 0.3) is 5.91 Å². The number of benzene rings is 2. The first-order valence-corrected chi connectivity index (χ1v) is 9.82. The highest BCUT2D eigenvalue weighted by Gasteiger charge is 2.29. The van der Waals surface area contributed by atoms with Crippen LogP contribution in [0.15, 0.2) is 60.8 Å². The number of rotatable bonds is 2. The lowest BCUT2D eigenvalue weighted by molar-refractivity contribution is 0.0945. The molecule has 1 aliphatic heterocycles. The van der Waals surface area contributed by atoms with Crippen molar-refractivity contribution in [3.05, 3.63) is 83.2 Å². The van der Waals surface area contributed by atoms with Gasteiger partial charge in [0.15, 0.2) is 11.6 Å². The predicted octanol–water partition coefficient (Wildman–Crippen LogP) is 3.64. The summed E-state index contributed by atoms with van der Waals surface area (Å²) in [6.45, 7) is 0.629. The largest absolute Gasteiger partial charge is 0.356 e. The molecule has 0 radical (unpaired) electrons. The smallest absolute Gasteiger partial charge is 0.253 e. The van der Waals surface area contributed by atoms with E-state index in [1.165, 1.54) is 0 Å². The average Bonchev–Trinajstić information content (AvgIpc) is 3.35. The Morgan fingerprint density at radius 1 is 0.833 bits per heavy atom. The fourth-order valence-corrected chi connectivity index (χ4v) is 4.33. The van der Waals surface area contributed by atoms with Crippen molar-refractivity contribution in [2.24, 2.45) is 0 Å². The maximum Gasteiger partial charge on any atom is 0.253 e. The van der Waals surface area contributed by atoms with Gasteiger partial charge in [-0.05, 0) is 17.7 Å². The zero-order valence-corrected chi connectivity index (χ0v) is 15.9. The number of carbonyl (C=O) groups excluding carboxylic acids is 2. The van der Waals surface area contributed by atoms with Crippen LogP contribution in [0.25, 0.3) is 33.9 Å². The van der Waals surface area contributed by atoms with Crippen molar-refractivity contribution < 1.29 is 9.59 Å². The molecule has 2 aromatic carbocycles. The van der Waals surface area contributed by atoms with Gasteiger partial charge in [0.2, 0.25) is 0 Å². The summed E-state index contributed by atoms with van der Waals surface area (Å²) in [6.07, 6.45) is 2.48. The van der Waals surface area contributed by atoms with Crippen LogP contribution in [-0.4, -0.2) is 33.2 Å². The second-order valence-electron chi connectivity index (χ2n) is 7.45. The number of nitrogens with one attached hydrogen (secondary N) is 2. The summed E-state index contributed by atoms with van der Waals surface area (Å²) in [5.74, 6) is 0.511. The van der Waals surface area contributed by atoms with Crippen LogP contribution in [-0.2, 0) is 6.42 Å². The van der Waals surface area contributed by atoms with Crippen molar-refractivity contribution in [1.29, 1.82) is 0 Å². The van der Waals surface area contributed by atoms with Crippen molar-refractivity contribution in [3.8, 4) is 33.9 Å². The third-order valence-corrected chi connectivity index (χ3v) is 5.73. The highest BCUT2D eigenvalue weighted by Crippen LogP contribution is 2.42. The van der Waals surface area contributed by atoms with Crippen molar-refractivity contribution in [1.82, 2.24) is 20.3 Å². The molecule has 2 N–H and O–H groups in total. The van der Waals surface area contributed by atoms with Crippen LogP contribution in [0.3, 0.4) is 0 Å². The minimum Gasteiger partial charge on any atom is -0.356 e. The van der Waals surface area contributed by atoms with Crippen LogP contribution in [0.2, 0.25) is 0 Å². The molecule has 0 bridgehead atoms. The van der Waals surface area contributed by atoms with E-state index in [4.69, 9.17) is 4.98 Å². The van der Waals surface area contributed by atoms with E-state index in [0.717, 1.165) is 34.5 Å². The lowest BCUT2D eigenvalue weighted by Gasteiger charge is -2.11. The molecule has 6 nitrogen and oxygen atoms in total. The maximum absolute atomic E-state index is 12.8. The Balaban J connectivity index is 1.50. The topological polar surface area (TPSA) is 87.7 Å². The molecule has 0 saturated carbocycles. The molecule has 30 heavy (non-hydrogen) atoms. The number of ketones is 1. The number of fused-ring (bicyclic) bond motifs is 4. The predicted molar refractivity (Wildman–Crippen MR) is 112 cm³/mol. The van der Waals surface area contributed by atoms with Crippen LogP contribution in [0.1, 0.15) is 32.0 Å². The fraction of sp³-hybridized carbons (Fsp3) is 0.0833. The number of H-pyrrole nitrogens is 1. The van der Waals surface area contributed by atoms with Gasteiger partial charge in [-0.2, -0.15) is 0 Å². The van der Waals surface area contributed by atoms with Crippen LogP contribution in [0, 0.1) is 0 Å². The zero-order chi connectivity index (χ0) is 20.2. The van der Waals surface area contributed by atoms with Gasteiger partial charge in [-0.3, -0.25) is 9.59 Å². The molecule has 0 fully saturated rings. The number of aromatic amines is 1. The lowest BCUT2D eigenvalue weighted by atomic mass is 9.99. The highest BCUT2D eigenvalue weighted by atomic mass is 16.1. The normalized spacial score (nSPS) is 14.1. The van der Waals surface area contributed by atoms with Crippen molar-refractivity contribution >= 4 is 11.7 Å². The molecule has 1 aliphatic carbocycles. The van der Waals surface area contributed by atoms with Gasteiger partial charge >= 0.3 is 0 Å². The molecule has 2 aromatic heterocycles. The number of nitrogens with zero attached hydrogens (tertiary/aromatic N) is 2. The molecule has 0 saturated heterocycles. The molecule has 2 aliphatic rings. The van der Waals surface area contributed by atoms with E-state index in [-0.39, 0.29) is 11.7 Å². The van der Waals surface area contributed by atoms with Crippen LogP contribution < -0.4 is 5.32 Å². The summed E-state index contributed by atoms with van der Waals surface area (Å²) in [5.41, 5.74) is 7.07. The third kappa shape index (κ3) is 2.37. The summed E-state index contributed by atoms with van der Waals surface area (Å²) in [4.78, 5) is 37.5. The number of hydrogen-bond acceptors (Lipinski definition) is 4. The van der Waals surface area contributed by atoms with E-state index < -0.39 is 0 Å². The summed E-state index contributed by atoms with van der Waals surface area (Å²) < 4.78 is 0. The van der Waals surface area contributed by atoms with Crippen LogP contribution >= 0.6 is 0 Å². The first-order valence-electron chi connectivity index (χ1n) is 9.82. The van der Waals surface area contributed by atoms with Gasteiger partial charge in [0, 0.05) is 47.1 Å². The van der Waals surface area contributed by atoms with Gasteiger partial charge in [0.05, 0.1) is 17.0 Å². The number of carbonyl (C=O) groups is 2. The molecule has 0 unspecified atom stereocenters. The van der Waals surface area contributed by atoms with Crippen molar-refractivity contribution in [2.75, 3.05) is 6.54 Å². The first kappa shape index (κ1) is 16.9. The SMILES string of the molecule is O=C1NCCc2[nH]c(-c3ccnc(-c4cccc5c4-c4ccccc4C5=O)n3)cc21. The first-order chi connectivity index (χ1) is 14.7. The molecular formula is C24H16N4O2. The quantitative estimate of drug-likeness (QED) is 0.480. The highest BCUT2D eigenvalue weighted by molar-refractivity contribution is 6.23. The third-order valence-electron chi connectivity index (χ3n) is 5.73. The maximum atomic E-state index is 12.8. The van der Waals surface area contributed by atoms with E-state index in [9.17, 15) is 9.59 Å². The monoisotopic (exact) mass is 392 g/mol. The number of aromatic nitrogens is 3. The fourth-order valence-electron chi connectivity index (χ4n) is 4.33. The Hall–Kier alpha value is -4.06. The zero-order valence-electron chi connectivity index (χ0n) is 15.9.